The molecule has 0 unspecified atom stereocenters. The van der Waals surface area contributed by atoms with Crippen molar-refractivity contribution >= 4 is 18.1 Å². The van der Waals surface area contributed by atoms with Crippen molar-refractivity contribution in [1.82, 2.24) is 0 Å². The van der Waals surface area contributed by atoms with E-state index in [4.69, 9.17) is 9.84 Å². The first-order chi connectivity index (χ1) is 14.6. The average molecular weight is 421 g/mol. The molecule has 0 atom stereocenters. The van der Waals surface area contributed by atoms with Crippen LogP contribution in [0.3, 0.4) is 0 Å². The molecule has 3 rings (SSSR count). The van der Waals surface area contributed by atoms with E-state index in [1.165, 1.54) is 35.1 Å². The maximum atomic E-state index is 11.1. The van der Waals surface area contributed by atoms with Gasteiger partial charge in [0.25, 0.3) is 0 Å². The zero-order valence-corrected chi connectivity index (χ0v) is 19.6. The quantitative estimate of drug-likeness (QED) is 0.374. The van der Waals surface area contributed by atoms with Crippen molar-refractivity contribution in [2.75, 3.05) is 13.2 Å². The Balaban J connectivity index is 1.98. The summed E-state index contributed by atoms with van der Waals surface area (Å²) in [5.74, 6) is -0.897. The van der Waals surface area contributed by atoms with Crippen LogP contribution in [0.5, 0.6) is 0 Å². The van der Waals surface area contributed by atoms with Crippen molar-refractivity contribution in [2.24, 2.45) is 0 Å². The molecule has 0 radical (unpaired) electrons. The summed E-state index contributed by atoms with van der Waals surface area (Å²) in [6, 6.07) is 11.9. The predicted octanol–water partition coefficient (Wildman–Crippen LogP) is 6.87. The Morgan fingerprint density at radius 3 is 2.19 bits per heavy atom. The van der Waals surface area contributed by atoms with Gasteiger partial charge in [-0.2, -0.15) is 0 Å². The lowest BCUT2D eigenvalue weighted by atomic mass is 9.62. The number of benzene rings is 2. The van der Waals surface area contributed by atoms with Crippen molar-refractivity contribution in [2.45, 2.75) is 71.1 Å². The van der Waals surface area contributed by atoms with Crippen molar-refractivity contribution in [3.05, 3.63) is 69.8 Å². The SMILES string of the molecule is CCOCCCc1cc2c(cc1/C=C/c1ccc(C(=O)O)cc1)C(C)(C)CCC2(C)C. The number of ether oxygens (including phenoxy) is 1. The molecule has 31 heavy (non-hydrogen) atoms. The summed E-state index contributed by atoms with van der Waals surface area (Å²) in [7, 11) is 0. The van der Waals surface area contributed by atoms with Crippen LogP contribution in [-0.2, 0) is 22.0 Å². The molecule has 0 spiro atoms. The Labute approximate surface area is 187 Å². The summed E-state index contributed by atoms with van der Waals surface area (Å²) in [6.45, 7) is 13.0. The van der Waals surface area contributed by atoms with Crippen LogP contribution in [0, 0.1) is 0 Å². The second-order valence-corrected chi connectivity index (χ2v) is 9.93. The van der Waals surface area contributed by atoms with Gasteiger partial charge in [-0.05, 0) is 83.4 Å². The zero-order valence-electron chi connectivity index (χ0n) is 19.6. The molecule has 1 N–H and O–H groups in total. The molecular weight excluding hydrogens is 384 g/mol. The summed E-state index contributed by atoms with van der Waals surface area (Å²) >= 11 is 0. The molecule has 2 aromatic carbocycles. The number of hydrogen-bond acceptors (Lipinski definition) is 2. The van der Waals surface area contributed by atoms with Gasteiger partial charge in [0.15, 0.2) is 0 Å². The molecule has 2 aromatic rings. The van der Waals surface area contributed by atoms with E-state index in [0.717, 1.165) is 31.6 Å². The minimum atomic E-state index is -0.897. The van der Waals surface area contributed by atoms with Crippen LogP contribution in [0.1, 0.15) is 92.1 Å². The zero-order chi connectivity index (χ0) is 22.6. The van der Waals surface area contributed by atoms with Crippen molar-refractivity contribution in [1.29, 1.82) is 0 Å². The molecular formula is C28H36O3. The molecule has 3 nitrogen and oxygen atoms in total. The van der Waals surface area contributed by atoms with Gasteiger partial charge in [0, 0.05) is 13.2 Å². The van der Waals surface area contributed by atoms with Gasteiger partial charge >= 0.3 is 5.97 Å². The number of carboxylic acids is 1. The maximum absolute atomic E-state index is 11.1. The minimum Gasteiger partial charge on any atom is -0.478 e. The van der Waals surface area contributed by atoms with E-state index in [-0.39, 0.29) is 10.8 Å². The fourth-order valence-electron chi connectivity index (χ4n) is 4.48. The second kappa shape index (κ2) is 9.40. The molecule has 1 aliphatic carbocycles. The predicted molar refractivity (Wildman–Crippen MR) is 129 cm³/mol. The van der Waals surface area contributed by atoms with Gasteiger partial charge in [0.2, 0.25) is 0 Å². The van der Waals surface area contributed by atoms with Crippen LogP contribution in [0.4, 0.5) is 0 Å². The van der Waals surface area contributed by atoms with E-state index >= 15 is 0 Å². The molecule has 0 amide bonds. The highest BCUT2D eigenvalue weighted by Crippen LogP contribution is 2.46. The fraction of sp³-hybridized carbons (Fsp3) is 0.464. The first-order valence-electron chi connectivity index (χ1n) is 11.4. The van der Waals surface area contributed by atoms with Gasteiger partial charge in [0.05, 0.1) is 5.56 Å². The van der Waals surface area contributed by atoms with Crippen LogP contribution < -0.4 is 0 Å². The topological polar surface area (TPSA) is 46.5 Å². The average Bonchev–Trinajstić information content (AvgIpc) is 2.73. The summed E-state index contributed by atoms with van der Waals surface area (Å²) in [6.07, 6.45) is 8.66. The largest absolute Gasteiger partial charge is 0.478 e. The molecule has 3 heteroatoms. The molecule has 0 fully saturated rings. The van der Waals surface area contributed by atoms with Crippen molar-refractivity contribution in [3.63, 3.8) is 0 Å². The van der Waals surface area contributed by atoms with Crippen molar-refractivity contribution < 1.29 is 14.6 Å². The van der Waals surface area contributed by atoms with Gasteiger partial charge < -0.3 is 9.84 Å². The summed E-state index contributed by atoms with van der Waals surface area (Å²) in [5.41, 5.74) is 7.23. The number of fused-ring (bicyclic) bond motifs is 1. The normalized spacial score (nSPS) is 16.9. The summed E-state index contributed by atoms with van der Waals surface area (Å²) in [5, 5.41) is 9.12. The first kappa shape index (κ1) is 23.3. The first-order valence-corrected chi connectivity index (χ1v) is 11.4. The monoisotopic (exact) mass is 420 g/mol. The van der Waals surface area contributed by atoms with E-state index in [0.29, 0.717) is 5.56 Å². The van der Waals surface area contributed by atoms with E-state index in [1.807, 2.05) is 19.1 Å². The lowest BCUT2D eigenvalue weighted by molar-refractivity contribution is 0.0697. The Hall–Kier alpha value is -2.39. The van der Waals surface area contributed by atoms with E-state index in [2.05, 4.69) is 52.0 Å². The summed E-state index contributed by atoms with van der Waals surface area (Å²) in [4.78, 5) is 11.1. The number of carbonyl (C=O) groups is 1. The third-order valence-electron chi connectivity index (χ3n) is 6.66. The third-order valence-corrected chi connectivity index (χ3v) is 6.66. The Kier molecular flexibility index (Phi) is 7.06. The van der Waals surface area contributed by atoms with Gasteiger partial charge in [-0.3, -0.25) is 0 Å². The smallest absolute Gasteiger partial charge is 0.335 e. The number of aromatic carboxylic acids is 1. The Morgan fingerprint density at radius 1 is 1.00 bits per heavy atom. The molecule has 0 saturated carbocycles. The fourth-order valence-corrected chi connectivity index (χ4v) is 4.48. The number of aryl methyl sites for hydroxylation is 1. The summed E-state index contributed by atoms with van der Waals surface area (Å²) < 4.78 is 5.58. The molecule has 0 bridgehead atoms. The maximum Gasteiger partial charge on any atom is 0.335 e. The molecule has 0 aliphatic heterocycles. The number of carboxylic acid groups (broad SMARTS) is 1. The van der Waals surface area contributed by atoms with Crippen LogP contribution >= 0.6 is 0 Å². The minimum absolute atomic E-state index is 0.167. The lowest BCUT2D eigenvalue weighted by Crippen LogP contribution is -2.34. The molecule has 0 heterocycles. The van der Waals surface area contributed by atoms with Crippen LogP contribution in [0.15, 0.2) is 36.4 Å². The third kappa shape index (κ3) is 5.46. The lowest BCUT2D eigenvalue weighted by Gasteiger charge is -2.42. The highest BCUT2D eigenvalue weighted by atomic mass is 16.5. The highest BCUT2D eigenvalue weighted by Gasteiger charge is 2.37. The van der Waals surface area contributed by atoms with Crippen molar-refractivity contribution in [3.8, 4) is 0 Å². The molecule has 0 saturated heterocycles. The van der Waals surface area contributed by atoms with E-state index in [9.17, 15) is 4.79 Å². The number of hydrogen-bond donors (Lipinski definition) is 1. The second-order valence-electron chi connectivity index (χ2n) is 9.93. The molecule has 166 valence electrons. The van der Waals surface area contributed by atoms with Gasteiger partial charge in [0.1, 0.15) is 0 Å². The van der Waals surface area contributed by atoms with Gasteiger partial charge in [-0.15, -0.1) is 0 Å². The Bertz CT molecular complexity index is 949. The van der Waals surface area contributed by atoms with Gasteiger partial charge in [-0.1, -0.05) is 64.1 Å². The van der Waals surface area contributed by atoms with Crippen LogP contribution in [-0.4, -0.2) is 24.3 Å². The Morgan fingerprint density at radius 2 is 1.61 bits per heavy atom. The standard InChI is InChI=1S/C28H36O3/c1-6-31-17-7-8-22-18-24-25(28(4,5)16-15-27(24,2)3)19-23(22)14-11-20-9-12-21(13-10-20)26(29)30/h9-14,18-19H,6-8,15-17H2,1-5H3,(H,29,30)/b14-11+. The van der Waals surface area contributed by atoms with E-state index < -0.39 is 5.97 Å². The molecule has 0 aromatic heterocycles. The van der Waals surface area contributed by atoms with E-state index in [1.54, 1.807) is 12.1 Å². The highest BCUT2D eigenvalue weighted by molar-refractivity contribution is 5.88. The molecule has 1 aliphatic rings. The van der Waals surface area contributed by atoms with Crippen LogP contribution in [0.2, 0.25) is 0 Å². The number of rotatable bonds is 8. The van der Waals surface area contributed by atoms with Crippen LogP contribution in [0.25, 0.3) is 12.2 Å². The van der Waals surface area contributed by atoms with Gasteiger partial charge in [-0.25, -0.2) is 4.79 Å².